The van der Waals surface area contributed by atoms with E-state index in [1.54, 1.807) is 43.3 Å². The summed E-state index contributed by atoms with van der Waals surface area (Å²) in [6.45, 7) is 2.03. The highest BCUT2D eigenvalue weighted by Gasteiger charge is 2.28. The Morgan fingerprint density at radius 2 is 2.12 bits per heavy atom. The predicted molar refractivity (Wildman–Crippen MR) is 97.4 cm³/mol. The van der Waals surface area contributed by atoms with Gasteiger partial charge in [0.1, 0.15) is 0 Å². The number of pyridine rings is 1. The van der Waals surface area contributed by atoms with Crippen LogP contribution in [0.1, 0.15) is 22.8 Å². The molecule has 0 N–H and O–H groups in total. The molecule has 6 nitrogen and oxygen atoms in total. The third kappa shape index (κ3) is 3.64. The second kappa shape index (κ2) is 7.05. The normalized spacial score (nSPS) is 13.7. The molecule has 8 heteroatoms. The van der Waals surface area contributed by atoms with Gasteiger partial charge < -0.3 is 5.21 Å². The number of sulfonamides is 1. The number of rotatable bonds is 6. The molecule has 0 unspecified atom stereocenters. The third-order valence-electron chi connectivity index (χ3n) is 4.09. The van der Waals surface area contributed by atoms with Crippen molar-refractivity contribution in [3.63, 3.8) is 0 Å². The molecule has 2 heterocycles. The zero-order valence-electron chi connectivity index (χ0n) is 13.7. The highest BCUT2D eigenvalue weighted by Crippen LogP contribution is 2.31. The number of carbonyl (C=O) groups is 1. The smallest absolute Gasteiger partial charge is 0.251 e. The molecule has 0 radical (unpaired) electrons. The fourth-order valence-corrected chi connectivity index (χ4v) is 4.70. The van der Waals surface area contributed by atoms with E-state index in [0.29, 0.717) is 29.2 Å². The lowest BCUT2D eigenvalue weighted by atomic mass is 10.1. The van der Waals surface area contributed by atoms with Crippen LogP contribution in [0.5, 0.6) is 0 Å². The van der Waals surface area contributed by atoms with Crippen LogP contribution in [0.15, 0.2) is 47.6 Å². The molecule has 25 heavy (non-hydrogen) atoms. The van der Waals surface area contributed by atoms with Gasteiger partial charge in [-0.25, -0.2) is 8.42 Å². The molecular formula is C17H18N2O4S2. The van der Waals surface area contributed by atoms with Crippen molar-refractivity contribution in [1.29, 1.82) is 0 Å². The molecule has 0 saturated carbocycles. The fraction of sp³-hybridized carbons (Fsp3) is 0.294. The number of Topliss-reactive ketones (excluding diaryl/α,β-unsaturated/α-hetero) is 1. The van der Waals surface area contributed by atoms with Gasteiger partial charge in [0.25, 0.3) is 5.03 Å². The Hall–Kier alpha value is -2.06. The quantitative estimate of drug-likeness (QED) is 0.332. The number of hydrogen-bond acceptors (Lipinski definition) is 5. The van der Waals surface area contributed by atoms with Gasteiger partial charge in [0.05, 0.1) is 17.2 Å². The Balaban J connectivity index is 1.75. The van der Waals surface area contributed by atoms with Crippen molar-refractivity contribution in [2.45, 2.75) is 18.4 Å². The van der Waals surface area contributed by atoms with E-state index in [4.69, 9.17) is 0 Å². The first-order chi connectivity index (χ1) is 11.9. The molecule has 0 amide bonds. The number of anilines is 1. The molecule has 0 fully saturated rings. The molecule has 132 valence electrons. The van der Waals surface area contributed by atoms with Crippen LogP contribution in [0.25, 0.3) is 0 Å². The number of hydrogen-bond donors (Lipinski definition) is 0. The van der Waals surface area contributed by atoms with Gasteiger partial charge in [0, 0.05) is 24.2 Å². The zero-order valence-corrected chi connectivity index (χ0v) is 15.3. The van der Waals surface area contributed by atoms with Crippen molar-refractivity contribution in [1.82, 2.24) is 0 Å². The fourth-order valence-electron chi connectivity index (χ4n) is 2.74. The lowest BCUT2D eigenvalue weighted by molar-refractivity contribution is -0.645. The molecule has 3 rings (SSSR count). The van der Waals surface area contributed by atoms with Gasteiger partial charge in [-0.05, 0) is 54.9 Å². The first-order valence-corrected chi connectivity index (χ1v) is 10.5. The van der Waals surface area contributed by atoms with E-state index in [9.17, 15) is 18.4 Å². The summed E-state index contributed by atoms with van der Waals surface area (Å²) < 4.78 is 26.3. The van der Waals surface area contributed by atoms with Crippen LogP contribution in [0.2, 0.25) is 0 Å². The van der Waals surface area contributed by atoms with Crippen molar-refractivity contribution < 1.29 is 17.9 Å². The number of nitrogens with zero attached hydrogens (tertiary/aromatic N) is 2. The largest absolute Gasteiger partial charge is 0.618 e. The molecule has 0 spiro atoms. The molecule has 0 saturated heterocycles. The first kappa shape index (κ1) is 17.8. The summed E-state index contributed by atoms with van der Waals surface area (Å²) in [6.07, 6.45) is 1.99. The minimum atomic E-state index is -3.29. The Labute approximate surface area is 151 Å². The molecule has 1 aliphatic rings. The van der Waals surface area contributed by atoms with Crippen LogP contribution in [0, 0.1) is 5.21 Å². The van der Waals surface area contributed by atoms with Crippen LogP contribution in [-0.4, -0.2) is 32.3 Å². The SMILES string of the molecule is CCS(=O)(=O)N1CCc2cc(C(=O)CSc3cccc[n+]3[O-])ccc21. The van der Waals surface area contributed by atoms with E-state index in [-0.39, 0.29) is 17.3 Å². The molecule has 2 aromatic rings. The van der Waals surface area contributed by atoms with Crippen LogP contribution in [0.4, 0.5) is 5.69 Å². The third-order valence-corrected chi connectivity index (χ3v) is 6.89. The van der Waals surface area contributed by atoms with E-state index in [1.807, 2.05) is 0 Å². The van der Waals surface area contributed by atoms with Gasteiger partial charge in [-0.1, -0.05) is 0 Å². The highest BCUT2D eigenvalue weighted by atomic mass is 32.2. The van der Waals surface area contributed by atoms with Crippen molar-refractivity contribution in [2.75, 3.05) is 22.4 Å². The average Bonchev–Trinajstić information content (AvgIpc) is 3.04. The molecule has 0 bridgehead atoms. The van der Waals surface area contributed by atoms with Gasteiger partial charge in [-0.3, -0.25) is 9.10 Å². The maximum atomic E-state index is 12.4. The molecule has 1 aromatic carbocycles. The molecule has 1 aliphatic heterocycles. The minimum absolute atomic E-state index is 0.0516. The van der Waals surface area contributed by atoms with Gasteiger partial charge in [0.15, 0.2) is 12.0 Å². The second-order valence-corrected chi connectivity index (χ2v) is 8.82. The lowest BCUT2D eigenvalue weighted by Crippen LogP contribution is -2.30. The average molecular weight is 378 g/mol. The summed E-state index contributed by atoms with van der Waals surface area (Å²) in [5, 5.41) is 12.1. The standard InChI is InChI=1S/C17H18N2O4S2/c1-2-25(22,23)19-10-8-13-11-14(6-7-15(13)19)16(20)12-24-17-5-3-4-9-18(17)21/h3-7,9,11H,2,8,10,12H2,1H3. The van der Waals surface area contributed by atoms with E-state index in [2.05, 4.69) is 0 Å². The monoisotopic (exact) mass is 378 g/mol. The molecule has 0 atom stereocenters. The number of aromatic nitrogens is 1. The number of thioether (sulfide) groups is 1. The highest BCUT2D eigenvalue weighted by molar-refractivity contribution is 7.99. The van der Waals surface area contributed by atoms with Crippen molar-refractivity contribution in [2.24, 2.45) is 0 Å². The van der Waals surface area contributed by atoms with Gasteiger partial charge in [-0.2, -0.15) is 4.73 Å². The summed E-state index contributed by atoms with van der Waals surface area (Å²) in [7, 11) is -3.29. The summed E-state index contributed by atoms with van der Waals surface area (Å²) in [4.78, 5) is 12.4. The van der Waals surface area contributed by atoms with Gasteiger partial charge >= 0.3 is 0 Å². The van der Waals surface area contributed by atoms with Crippen LogP contribution >= 0.6 is 11.8 Å². The maximum Gasteiger partial charge on any atom is 0.251 e. The molecular weight excluding hydrogens is 360 g/mol. The lowest BCUT2D eigenvalue weighted by Gasteiger charge is -2.18. The number of fused-ring (bicyclic) bond motifs is 1. The number of benzene rings is 1. The first-order valence-electron chi connectivity index (χ1n) is 7.90. The van der Waals surface area contributed by atoms with E-state index >= 15 is 0 Å². The summed E-state index contributed by atoms with van der Waals surface area (Å²) in [5.74, 6) is 0.117. The van der Waals surface area contributed by atoms with Crippen molar-refractivity contribution >= 4 is 33.3 Å². The topological polar surface area (TPSA) is 81.4 Å². The zero-order chi connectivity index (χ0) is 18.0. The Morgan fingerprint density at radius 3 is 2.84 bits per heavy atom. The van der Waals surface area contributed by atoms with E-state index in [1.165, 1.54) is 22.3 Å². The minimum Gasteiger partial charge on any atom is -0.618 e. The Bertz CT molecular complexity index is 913. The van der Waals surface area contributed by atoms with Crippen LogP contribution in [0.3, 0.4) is 0 Å². The summed E-state index contributed by atoms with van der Waals surface area (Å²) in [5.41, 5.74) is 2.06. The van der Waals surface area contributed by atoms with Crippen molar-refractivity contribution in [3.8, 4) is 0 Å². The maximum absolute atomic E-state index is 12.4. The number of ketones is 1. The Kier molecular flexibility index (Phi) is 5.01. The summed E-state index contributed by atoms with van der Waals surface area (Å²) in [6, 6.07) is 10.2. The second-order valence-electron chi connectivity index (χ2n) is 5.64. The van der Waals surface area contributed by atoms with E-state index in [0.717, 1.165) is 10.3 Å². The number of carbonyl (C=O) groups excluding carboxylic acids is 1. The van der Waals surface area contributed by atoms with Crippen molar-refractivity contribution in [3.05, 3.63) is 58.9 Å². The van der Waals surface area contributed by atoms with Crippen LogP contribution in [-0.2, 0) is 16.4 Å². The predicted octanol–water partition coefficient (Wildman–Crippen LogP) is 2.01. The molecule has 1 aromatic heterocycles. The Morgan fingerprint density at radius 1 is 1.32 bits per heavy atom. The molecule has 0 aliphatic carbocycles. The van der Waals surface area contributed by atoms with E-state index < -0.39 is 10.0 Å². The van der Waals surface area contributed by atoms with Crippen LogP contribution < -0.4 is 9.04 Å². The van der Waals surface area contributed by atoms with Gasteiger partial charge in [-0.15, -0.1) is 0 Å². The van der Waals surface area contributed by atoms with Gasteiger partial charge in [0.2, 0.25) is 10.0 Å². The summed E-state index contributed by atoms with van der Waals surface area (Å²) >= 11 is 1.19.